The number of aromatic nitrogens is 3. The number of nitrogens with one attached hydrogen (secondary N) is 2. The molecule has 0 bridgehead atoms. The fraction of sp³-hybridized carbons (Fsp3) is 0.350. The number of piperazine rings is 1. The normalized spacial score (nSPS) is 19.1. The van der Waals surface area contributed by atoms with Gasteiger partial charge in [-0.05, 0) is 37.6 Å². The second-order valence-electron chi connectivity index (χ2n) is 7.35. The van der Waals surface area contributed by atoms with E-state index in [0.29, 0.717) is 12.6 Å². The molecule has 0 radical (unpaired) electrons. The van der Waals surface area contributed by atoms with Gasteiger partial charge in [0.05, 0.1) is 11.2 Å². The number of urea groups is 1. The van der Waals surface area contributed by atoms with Crippen molar-refractivity contribution in [2.75, 3.05) is 41.3 Å². The van der Waals surface area contributed by atoms with E-state index in [4.69, 9.17) is 0 Å². The Balaban J connectivity index is 1.41. The fourth-order valence-electron chi connectivity index (χ4n) is 4.16. The van der Waals surface area contributed by atoms with Gasteiger partial charge < -0.3 is 15.5 Å². The largest absolute Gasteiger partial charge is 0.368 e. The Hall–Kier alpha value is -3.13. The minimum atomic E-state index is -0.161. The highest BCUT2D eigenvalue weighted by atomic mass is 16.2. The SMILES string of the molecule is C[C@H]1CN(c2ccnc3c2CCN3C(=O)Nc2ccnn3cccc23)CCN1. The minimum Gasteiger partial charge on any atom is -0.368 e. The van der Waals surface area contributed by atoms with E-state index >= 15 is 0 Å². The van der Waals surface area contributed by atoms with Gasteiger partial charge in [-0.3, -0.25) is 4.90 Å². The lowest BCUT2D eigenvalue weighted by atomic mass is 10.1. The van der Waals surface area contributed by atoms with E-state index < -0.39 is 0 Å². The standard InChI is InChI=1S/C20H23N7O/c1-14-13-25(12-9-21-14)17-5-7-22-19-15(17)6-11-26(19)20(28)24-16-4-8-23-27-10-2-3-18(16)27/h2-5,7-8,10,14,21H,6,9,11-13H2,1H3,(H,24,28)/t14-/m0/s1. The van der Waals surface area contributed by atoms with Crippen molar-refractivity contribution in [3.8, 4) is 0 Å². The lowest BCUT2D eigenvalue weighted by Gasteiger charge is -2.34. The molecule has 1 atom stereocenters. The number of amides is 2. The van der Waals surface area contributed by atoms with Crippen LogP contribution < -0.4 is 20.4 Å². The zero-order chi connectivity index (χ0) is 19.1. The van der Waals surface area contributed by atoms with Crippen LogP contribution in [0, 0.1) is 0 Å². The van der Waals surface area contributed by atoms with Gasteiger partial charge in [0.25, 0.3) is 0 Å². The van der Waals surface area contributed by atoms with Crippen LogP contribution >= 0.6 is 0 Å². The number of carbonyl (C=O) groups is 1. The summed E-state index contributed by atoms with van der Waals surface area (Å²) in [5.74, 6) is 0.765. The van der Waals surface area contributed by atoms with Crippen LogP contribution in [0.15, 0.2) is 42.9 Å². The number of hydrogen-bond acceptors (Lipinski definition) is 5. The molecule has 144 valence electrons. The van der Waals surface area contributed by atoms with Crippen molar-refractivity contribution in [2.24, 2.45) is 0 Å². The van der Waals surface area contributed by atoms with Gasteiger partial charge in [0.1, 0.15) is 5.82 Å². The molecule has 8 heteroatoms. The van der Waals surface area contributed by atoms with E-state index in [0.717, 1.165) is 48.6 Å². The second-order valence-corrected chi connectivity index (χ2v) is 7.35. The smallest absolute Gasteiger partial charge is 0.327 e. The molecule has 2 aliphatic heterocycles. The van der Waals surface area contributed by atoms with Gasteiger partial charge in [0, 0.05) is 62.1 Å². The molecule has 2 N–H and O–H groups in total. The summed E-state index contributed by atoms with van der Waals surface area (Å²) in [5.41, 5.74) is 3.97. The Kier molecular flexibility index (Phi) is 4.12. The molecule has 5 rings (SSSR count). The number of anilines is 3. The second kappa shape index (κ2) is 6.79. The number of fused-ring (bicyclic) bond motifs is 2. The van der Waals surface area contributed by atoms with Gasteiger partial charge in [-0.15, -0.1) is 0 Å². The summed E-state index contributed by atoms with van der Waals surface area (Å²) < 4.78 is 1.75. The maximum absolute atomic E-state index is 13.0. The van der Waals surface area contributed by atoms with Crippen LogP contribution in [0.4, 0.5) is 22.0 Å². The van der Waals surface area contributed by atoms with Crippen molar-refractivity contribution in [2.45, 2.75) is 19.4 Å². The zero-order valence-corrected chi connectivity index (χ0v) is 15.8. The first-order chi connectivity index (χ1) is 13.7. The Morgan fingerprint density at radius 1 is 1.25 bits per heavy atom. The molecule has 2 aliphatic rings. The van der Waals surface area contributed by atoms with E-state index in [1.165, 1.54) is 5.69 Å². The van der Waals surface area contributed by atoms with Crippen LogP contribution in [0.5, 0.6) is 0 Å². The summed E-state index contributed by atoms with van der Waals surface area (Å²) in [6, 6.07) is 8.02. The molecule has 0 saturated carbocycles. The monoisotopic (exact) mass is 377 g/mol. The van der Waals surface area contributed by atoms with Gasteiger partial charge in [0.2, 0.25) is 0 Å². The molecule has 3 aromatic rings. The molecular weight excluding hydrogens is 354 g/mol. The van der Waals surface area contributed by atoms with Gasteiger partial charge in [0.15, 0.2) is 0 Å². The van der Waals surface area contributed by atoms with Crippen molar-refractivity contribution < 1.29 is 4.79 Å². The van der Waals surface area contributed by atoms with Crippen LogP contribution in [-0.4, -0.2) is 52.9 Å². The van der Waals surface area contributed by atoms with Crippen molar-refractivity contribution in [3.05, 3.63) is 48.4 Å². The molecule has 28 heavy (non-hydrogen) atoms. The number of carbonyl (C=O) groups excluding carboxylic acids is 1. The van der Waals surface area contributed by atoms with E-state index in [9.17, 15) is 4.79 Å². The Labute approximate surface area is 163 Å². The molecule has 3 aromatic heterocycles. The van der Waals surface area contributed by atoms with Crippen molar-refractivity contribution >= 4 is 28.7 Å². The quantitative estimate of drug-likeness (QED) is 0.715. The van der Waals surface area contributed by atoms with Crippen LogP contribution in [-0.2, 0) is 6.42 Å². The first-order valence-electron chi connectivity index (χ1n) is 9.68. The van der Waals surface area contributed by atoms with Crippen molar-refractivity contribution in [3.63, 3.8) is 0 Å². The third kappa shape index (κ3) is 2.86. The lowest BCUT2D eigenvalue weighted by molar-refractivity contribution is 0.257. The van der Waals surface area contributed by atoms with Crippen molar-refractivity contribution in [1.82, 2.24) is 19.9 Å². The summed E-state index contributed by atoms with van der Waals surface area (Å²) in [6.07, 6.45) is 6.17. The molecular formula is C20H23N7O. The molecule has 8 nitrogen and oxygen atoms in total. The van der Waals surface area contributed by atoms with Gasteiger partial charge >= 0.3 is 6.03 Å². The number of hydrogen-bond donors (Lipinski definition) is 2. The Morgan fingerprint density at radius 2 is 2.18 bits per heavy atom. The summed E-state index contributed by atoms with van der Waals surface area (Å²) in [6.45, 7) is 5.74. The highest BCUT2D eigenvalue weighted by molar-refractivity contribution is 6.05. The van der Waals surface area contributed by atoms with Gasteiger partial charge in [-0.1, -0.05) is 0 Å². The van der Waals surface area contributed by atoms with Crippen molar-refractivity contribution in [1.29, 1.82) is 0 Å². The molecule has 0 spiro atoms. The summed E-state index contributed by atoms with van der Waals surface area (Å²) in [7, 11) is 0. The molecule has 1 fully saturated rings. The molecule has 0 unspecified atom stereocenters. The van der Waals surface area contributed by atoms with Crippen LogP contribution in [0.1, 0.15) is 12.5 Å². The first kappa shape index (κ1) is 17.0. The average Bonchev–Trinajstić information content (AvgIpc) is 3.35. The molecule has 5 heterocycles. The zero-order valence-electron chi connectivity index (χ0n) is 15.8. The topological polar surface area (TPSA) is 77.8 Å². The third-order valence-electron chi connectivity index (χ3n) is 5.48. The van der Waals surface area contributed by atoms with E-state index in [2.05, 4.69) is 38.6 Å². The number of rotatable bonds is 2. The maximum Gasteiger partial charge on any atom is 0.327 e. The highest BCUT2D eigenvalue weighted by Crippen LogP contribution is 2.34. The minimum absolute atomic E-state index is 0.161. The average molecular weight is 377 g/mol. The Bertz CT molecular complexity index is 1030. The lowest BCUT2D eigenvalue weighted by Crippen LogP contribution is -2.49. The predicted octanol–water partition coefficient (Wildman–Crippen LogP) is 2.12. The van der Waals surface area contributed by atoms with E-state index in [1.54, 1.807) is 15.6 Å². The maximum atomic E-state index is 13.0. The van der Waals surface area contributed by atoms with E-state index in [1.807, 2.05) is 30.6 Å². The summed E-state index contributed by atoms with van der Waals surface area (Å²) >= 11 is 0. The third-order valence-corrected chi connectivity index (χ3v) is 5.48. The molecule has 2 amide bonds. The first-order valence-corrected chi connectivity index (χ1v) is 9.68. The van der Waals surface area contributed by atoms with E-state index in [-0.39, 0.29) is 6.03 Å². The summed E-state index contributed by atoms with van der Waals surface area (Å²) in [4.78, 5) is 21.7. The highest BCUT2D eigenvalue weighted by Gasteiger charge is 2.30. The number of pyridine rings is 1. The number of nitrogens with zero attached hydrogens (tertiary/aromatic N) is 5. The molecule has 0 aliphatic carbocycles. The van der Waals surface area contributed by atoms with Crippen LogP contribution in [0.25, 0.3) is 5.52 Å². The molecule has 0 aromatic carbocycles. The van der Waals surface area contributed by atoms with Crippen LogP contribution in [0.3, 0.4) is 0 Å². The summed E-state index contributed by atoms with van der Waals surface area (Å²) in [5, 5.41) is 10.7. The van der Waals surface area contributed by atoms with Gasteiger partial charge in [-0.25, -0.2) is 14.3 Å². The molecule has 1 saturated heterocycles. The fourth-order valence-corrected chi connectivity index (χ4v) is 4.16. The van der Waals surface area contributed by atoms with Gasteiger partial charge in [-0.2, -0.15) is 5.10 Å². The van der Waals surface area contributed by atoms with Crippen LogP contribution in [0.2, 0.25) is 0 Å². The Morgan fingerprint density at radius 3 is 3.07 bits per heavy atom. The predicted molar refractivity (Wildman–Crippen MR) is 109 cm³/mol.